The number of sulfone groups is 1. The van der Waals surface area contributed by atoms with E-state index in [2.05, 4.69) is 10.6 Å². The number of alkyl halides is 3. The average molecular weight is 322 g/mol. The number of halogens is 3. The molecule has 0 aliphatic carbocycles. The van der Waals surface area contributed by atoms with E-state index in [0.29, 0.717) is 6.54 Å². The van der Waals surface area contributed by atoms with Gasteiger partial charge in [-0.3, -0.25) is 0 Å². The summed E-state index contributed by atoms with van der Waals surface area (Å²) in [7, 11) is -5.34. The van der Waals surface area contributed by atoms with E-state index in [1.54, 1.807) is 0 Å². The zero-order chi connectivity index (χ0) is 15.5. The molecule has 1 aliphatic rings. The number of benzene rings is 1. The van der Waals surface area contributed by atoms with Gasteiger partial charge in [-0.15, -0.1) is 0 Å². The number of anilines is 1. The Morgan fingerprint density at radius 3 is 2.62 bits per heavy atom. The smallest absolute Gasteiger partial charge is 0.384 e. The molecule has 0 amide bonds. The van der Waals surface area contributed by atoms with Crippen molar-refractivity contribution in [3.05, 3.63) is 24.3 Å². The monoisotopic (exact) mass is 322 g/mol. The maximum atomic E-state index is 12.7. The lowest BCUT2D eigenvalue weighted by Gasteiger charge is -2.24. The van der Waals surface area contributed by atoms with Crippen molar-refractivity contribution in [1.29, 1.82) is 0 Å². The van der Waals surface area contributed by atoms with Gasteiger partial charge in [-0.05, 0) is 44.0 Å². The van der Waals surface area contributed by atoms with Gasteiger partial charge in [-0.1, -0.05) is 12.1 Å². The standard InChI is InChI=1S/C13H17F3N2O2S/c14-13(15,16)21(19,20)12-6-2-1-5-11(12)18-9-10-4-3-7-17-8-10/h1-2,5-6,10,17-18H,3-4,7-9H2. The molecule has 1 unspecified atom stereocenters. The van der Waals surface area contributed by atoms with Crippen LogP contribution in [0, 0.1) is 5.92 Å². The van der Waals surface area contributed by atoms with Crippen LogP contribution in [0.1, 0.15) is 12.8 Å². The van der Waals surface area contributed by atoms with E-state index >= 15 is 0 Å². The molecule has 1 saturated heterocycles. The molecular weight excluding hydrogens is 305 g/mol. The normalized spacial score (nSPS) is 20.2. The van der Waals surface area contributed by atoms with Gasteiger partial charge in [0.15, 0.2) is 0 Å². The predicted octanol–water partition coefficient (Wildman–Crippen LogP) is 2.39. The number of rotatable bonds is 4. The van der Waals surface area contributed by atoms with Crippen LogP contribution >= 0.6 is 0 Å². The zero-order valence-corrected chi connectivity index (χ0v) is 12.1. The molecule has 21 heavy (non-hydrogen) atoms. The van der Waals surface area contributed by atoms with Crippen LogP contribution in [-0.4, -0.2) is 33.6 Å². The van der Waals surface area contributed by atoms with Gasteiger partial charge in [-0.2, -0.15) is 13.2 Å². The highest BCUT2D eigenvalue weighted by Crippen LogP contribution is 2.34. The topological polar surface area (TPSA) is 58.2 Å². The van der Waals surface area contributed by atoms with E-state index in [0.717, 1.165) is 32.0 Å². The summed E-state index contributed by atoms with van der Waals surface area (Å²) in [6.45, 7) is 2.16. The summed E-state index contributed by atoms with van der Waals surface area (Å²) in [5, 5.41) is 6.04. The summed E-state index contributed by atoms with van der Waals surface area (Å²) in [5.41, 5.74) is -5.29. The summed E-state index contributed by atoms with van der Waals surface area (Å²) in [4.78, 5) is -0.721. The second-order valence-electron chi connectivity index (χ2n) is 5.04. The number of hydrogen-bond acceptors (Lipinski definition) is 4. The SMILES string of the molecule is O=S(=O)(c1ccccc1NCC1CCCNC1)C(F)(F)F. The van der Waals surface area contributed by atoms with Crippen LogP contribution < -0.4 is 10.6 Å². The fourth-order valence-electron chi connectivity index (χ4n) is 2.32. The number of para-hydroxylation sites is 1. The third kappa shape index (κ3) is 3.68. The molecule has 1 aromatic carbocycles. The third-order valence-electron chi connectivity index (χ3n) is 3.46. The number of hydrogen-bond donors (Lipinski definition) is 2. The lowest BCUT2D eigenvalue weighted by molar-refractivity contribution is -0.0435. The van der Waals surface area contributed by atoms with Gasteiger partial charge in [0.2, 0.25) is 0 Å². The van der Waals surface area contributed by atoms with Gasteiger partial charge < -0.3 is 10.6 Å². The van der Waals surface area contributed by atoms with E-state index in [1.165, 1.54) is 18.2 Å². The summed E-state index contributed by atoms with van der Waals surface area (Å²) in [5.74, 6) is 0.278. The first-order valence-corrected chi connectivity index (χ1v) is 8.15. The summed E-state index contributed by atoms with van der Waals surface area (Å²) in [6, 6.07) is 5.13. The largest absolute Gasteiger partial charge is 0.501 e. The summed E-state index contributed by atoms with van der Waals surface area (Å²) in [6.07, 6.45) is 1.98. The Morgan fingerprint density at radius 2 is 2.00 bits per heavy atom. The summed E-state index contributed by atoms with van der Waals surface area (Å²) < 4.78 is 61.1. The summed E-state index contributed by atoms with van der Waals surface area (Å²) >= 11 is 0. The molecule has 8 heteroatoms. The molecule has 1 heterocycles. The first kappa shape index (κ1) is 16.1. The third-order valence-corrected chi connectivity index (χ3v) is 5.01. The molecular formula is C13H17F3N2O2S. The van der Waals surface area contributed by atoms with E-state index in [4.69, 9.17) is 0 Å². The molecule has 2 N–H and O–H groups in total. The molecule has 0 spiro atoms. The van der Waals surface area contributed by atoms with Crippen molar-refractivity contribution in [2.45, 2.75) is 23.2 Å². The maximum Gasteiger partial charge on any atom is 0.501 e. The van der Waals surface area contributed by atoms with E-state index in [-0.39, 0.29) is 11.6 Å². The van der Waals surface area contributed by atoms with Crippen molar-refractivity contribution >= 4 is 15.5 Å². The Morgan fingerprint density at radius 1 is 1.29 bits per heavy atom. The van der Waals surface area contributed by atoms with E-state index in [1.807, 2.05) is 0 Å². The van der Waals surface area contributed by atoms with E-state index < -0.39 is 20.2 Å². The van der Waals surface area contributed by atoms with Crippen molar-refractivity contribution in [3.63, 3.8) is 0 Å². The molecule has 118 valence electrons. The van der Waals surface area contributed by atoms with Crippen molar-refractivity contribution in [3.8, 4) is 0 Å². The lowest BCUT2D eigenvalue weighted by atomic mass is 10.00. The minimum absolute atomic E-state index is 0.000369. The predicted molar refractivity (Wildman–Crippen MR) is 73.8 cm³/mol. The quantitative estimate of drug-likeness (QED) is 0.894. The highest BCUT2D eigenvalue weighted by Gasteiger charge is 2.47. The zero-order valence-electron chi connectivity index (χ0n) is 11.3. The molecule has 0 saturated carbocycles. The van der Waals surface area contributed by atoms with Gasteiger partial charge in [0, 0.05) is 6.54 Å². The number of nitrogens with one attached hydrogen (secondary N) is 2. The fraction of sp³-hybridized carbons (Fsp3) is 0.538. The van der Waals surface area contributed by atoms with Crippen molar-refractivity contribution in [2.24, 2.45) is 5.92 Å². The molecule has 0 aromatic heterocycles. The molecule has 2 rings (SSSR count). The lowest BCUT2D eigenvalue weighted by Crippen LogP contribution is -2.34. The highest BCUT2D eigenvalue weighted by atomic mass is 32.2. The van der Waals surface area contributed by atoms with E-state index in [9.17, 15) is 21.6 Å². The van der Waals surface area contributed by atoms with Gasteiger partial charge in [-0.25, -0.2) is 8.42 Å². The number of piperidine rings is 1. The van der Waals surface area contributed by atoms with Crippen LogP contribution in [0.25, 0.3) is 0 Å². The maximum absolute atomic E-state index is 12.7. The average Bonchev–Trinajstić information content (AvgIpc) is 2.45. The fourth-order valence-corrected chi connectivity index (χ4v) is 3.26. The van der Waals surface area contributed by atoms with Crippen LogP contribution in [0.4, 0.5) is 18.9 Å². The molecule has 4 nitrogen and oxygen atoms in total. The Bertz CT molecular complexity index is 581. The van der Waals surface area contributed by atoms with Crippen LogP contribution in [0.5, 0.6) is 0 Å². The van der Waals surface area contributed by atoms with Crippen molar-refractivity contribution in [2.75, 3.05) is 25.0 Å². The first-order valence-electron chi connectivity index (χ1n) is 6.67. The van der Waals surface area contributed by atoms with Crippen molar-refractivity contribution < 1.29 is 21.6 Å². The Kier molecular flexibility index (Phi) is 4.77. The first-order chi connectivity index (χ1) is 9.82. The van der Waals surface area contributed by atoms with Gasteiger partial charge >= 0.3 is 5.51 Å². The second kappa shape index (κ2) is 6.23. The Hall–Kier alpha value is -1.28. The second-order valence-corrected chi connectivity index (χ2v) is 6.95. The molecule has 1 atom stereocenters. The van der Waals surface area contributed by atoms with Gasteiger partial charge in [0.25, 0.3) is 9.84 Å². The Balaban J connectivity index is 2.17. The molecule has 1 aliphatic heterocycles. The minimum atomic E-state index is -5.34. The van der Waals surface area contributed by atoms with Crippen molar-refractivity contribution in [1.82, 2.24) is 5.32 Å². The highest BCUT2D eigenvalue weighted by molar-refractivity contribution is 7.92. The van der Waals surface area contributed by atoms with Gasteiger partial charge in [0.1, 0.15) is 0 Å². The Labute approximate surface area is 121 Å². The van der Waals surface area contributed by atoms with Crippen LogP contribution in [-0.2, 0) is 9.84 Å². The minimum Gasteiger partial charge on any atom is -0.384 e. The molecule has 1 aromatic rings. The molecule has 0 radical (unpaired) electrons. The molecule has 1 fully saturated rings. The van der Waals surface area contributed by atoms with Crippen LogP contribution in [0.3, 0.4) is 0 Å². The van der Waals surface area contributed by atoms with Crippen LogP contribution in [0.15, 0.2) is 29.2 Å². The van der Waals surface area contributed by atoms with Gasteiger partial charge in [0.05, 0.1) is 10.6 Å². The van der Waals surface area contributed by atoms with Crippen LogP contribution in [0.2, 0.25) is 0 Å². The molecule has 0 bridgehead atoms.